The average molecular weight is 355 g/mol. The molecule has 1 saturated heterocycles. The molecular formula is C16H16Cl2N2O3. The number of amides is 1. The molecule has 0 bridgehead atoms. The molecule has 1 aromatic heterocycles. The van der Waals surface area contributed by atoms with Crippen molar-refractivity contribution in [2.24, 2.45) is 11.7 Å². The van der Waals surface area contributed by atoms with Gasteiger partial charge in [0.25, 0.3) is 0 Å². The van der Waals surface area contributed by atoms with Gasteiger partial charge in [0.15, 0.2) is 11.0 Å². The fourth-order valence-corrected chi connectivity index (χ4v) is 3.52. The molecule has 2 heterocycles. The summed E-state index contributed by atoms with van der Waals surface area (Å²) < 4.78 is 5.52. The van der Waals surface area contributed by atoms with Crippen molar-refractivity contribution >= 4 is 40.1 Å². The lowest BCUT2D eigenvalue weighted by Crippen LogP contribution is -2.41. The van der Waals surface area contributed by atoms with Crippen LogP contribution in [-0.4, -0.2) is 23.9 Å². The van der Waals surface area contributed by atoms with Gasteiger partial charge in [0.2, 0.25) is 5.91 Å². The third-order valence-corrected chi connectivity index (χ3v) is 4.66. The molecule has 7 heteroatoms. The summed E-state index contributed by atoms with van der Waals surface area (Å²) in [6.45, 7) is 1.78. The molecule has 1 aliphatic heterocycles. The van der Waals surface area contributed by atoms with Gasteiger partial charge in [0.05, 0.1) is 22.6 Å². The first-order valence-electron chi connectivity index (χ1n) is 7.37. The van der Waals surface area contributed by atoms with Crippen molar-refractivity contribution in [3.63, 3.8) is 0 Å². The van der Waals surface area contributed by atoms with E-state index in [0.29, 0.717) is 39.7 Å². The highest BCUT2D eigenvalue weighted by Gasteiger charge is 2.24. The monoisotopic (exact) mass is 354 g/mol. The van der Waals surface area contributed by atoms with Crippen molar-refractivity contribution < 1.29 is 9.21 Å². The smallest absolute Gasteiger partial charge is 0.221 e. The summed E-state index contributed by atoms with van der Waals surface area (Å²) in [6.07, 6.45) is 3.10. The van der Waals surface area contributed by atoms with Gasteiger partial charge in [-0.2, -0.15) is 0 Å². The third kappa shape index (κ3) is 3.37. The van der Waals surface area contributed by atoms with Gasteiger partial charge < -0.3 is 10.2 Å². The van der Waals surface area contributed by atoms with Crippen LogP contribution in [0, 0.1) is 5.92 Å². The number of nitrogens with zero attached hydrogens (tertiary/aromatic N) is 1. The van der Waals surface area contributed by atoms with Gasteiger partial charge in [-0.3, -0.25) is 14.5 Å². The Hall–Kier alpha value is -1.56. The number of piperidine rings is 1. The van der Waals surface area contributed by atoms with E-state index < -0.39 is 0 Å². The van der Waals surface area contributed by atoms with Crippen molar-refractivity contribution in [2.75, 3.05) is 13.1 Å². The molecule has 2 aromatic rings. The van der Waals surface area contributed by atoms with E-state index in [0.717, 1.165) is 19.4 Å². The standard InChI is InChI=1S/C16H16Cl2N2O3/c17-11-4-12-14(21)10(8-23-15(12)13(18)5-11)7-20-3-1-2-9(6-20)16(19)22/h4-5,8-9H,1-3,6-7H2,(H2,19,22)/t9-/m0/s1. The van der Waals surface area contributed by atoms with E-state index >= 15 is 0 Å². The topological polar surface area (TPSA) is 76.5 Å². The molecule has 1 amide bonds. The highest BCUT2D eigenvalue weighted by atomic mass is 35.5. The maximum Gasteiger partial charge on any atom is 0.221 e. The van der Waals surface area contributed by atoms with Crippen LogP contribution >= 0.6 is 23.2 Å². The number of fused-ring (bicyclic) bond motifs is 1. The Bertz CT molecular complexity index is 819. The minimum atomic E-state index is -0.293. The molecular weight excluding hydrogens is 339 g/mol. The summed E-state index contributed by atoms with van der Waals surface area (Å²) in [5.41, 5.74) is 6.08. The molecule has 5 nitrogen and oxygen atoms in total. The molecule has 1 atom stereocenters. The van der Waals surface area contributed by atoms with Gasteiger partial charge in [0.1, 0.15) is 0 Å². The Labute approximate surface area is 142 Å². The zero-order valence-electron chi connectivity index (χ0n) is 12.4. The van der Waals surface area contributed by atoms with E-state index in [1.165, 1.54) is 12.3 Å². The van der Waals surface area contributed by atoms with Crippen LogP contribution in [-0.2, 0) is 11.3 Å². The number of carbonyl (C=O) groups is 1. The second-order valence-electron chi connectivity index (χ2n) is 5.83. The first-order valence-corrected chi connectivity index (χ1v) is 8.12. The van der Waals surface area contributed by atoms with E-state index in [1.54, 1.807) is 6.07 Å². The van der Waals surface area contributed by atoms with Crippen molar-refractivity contribution in [3.8, 4) is 0 Å². The summed E-state index contributed by atoms with van der Waals surface area (Å²) >= 11 is 12.0. The summed E-state index contributed by atoms with van der Waals surface area (Å²) in [5.74, 6) is -0.459. The Morgan fingerprint density at radius 1 is 1.39 bits per heavy atom. The second kappa shape index (κ2) is 6.51. The summed E-state index contributed by atoms with van der Waals surface area (Å²) in [4.78, 5) is 26.0. The lowest BCUT2D eigenvalue weighted by Gasteiger charge is -2.30. The zero-order chi connectivity index (χ0) is 16.6. The quantitative estimate of drug-likeness (QED) is 0.919. The number of carbonyl (C=O) groups excluding carboxylic acids is 1. The van der Waals surface area contributed by atoms with E-state index in [1.807, 2.05) is 4.90 Å². The first-order chi connectivity index (χ1) is 11.0. The van der Waals surface area contributed by atoms with Crippen molar-refractivity contribution in [2.45, 2.75) is 19.4 Å². The molecule has 1 fully saturated rings. The van der Waals surface area contributed by atoms with Crippen LogP contribution in [0.4, 0.5) is 0 Å². The van der Waals surface area contributed by atoms with Crippen molar-refractivity contribution in [1.29, 1.82) is 0 Å². The van der Waals surface area contributed by atoms with Crippen LogP contribution in [0.15, 0.2) is 27.6 Å². The van der Waals surface area contributed by atoms with Crippen LogP contribution in [0.2, 0.25) is 10.0 Å². The summed E-state index contributed by atoms with van der Waals surface area (Å²) in [6, 6.07) is 3.09. The minimum absolute atomic E-state index is 0.156. The van der Waals surface area contributed by atoms with E-state index in [9.17, 15) is 9.59 Å². The SMILES string of the molecule is NC(=O)[C@H]1CCCN(Cc2coc3c(Cl)cc(Cl)cc3c2=O)C1. The van der Waals surface area contributed by atoms with Crippen LogP contribution < -0.4 is 11.2 Å². The molecule has 0 unspecified atom stereocenters. The molecule has 0 radical (unpaired) electrons. The molecule has 0 saturated carbocycles. The predicted molar refractivity (Wildman–Crippen MR) is 89.7 cm³/mol. The van der Waals surface area contributed by atoms with Crippen LogP contribution in [0.1, 0.15) is 18.4 Å². The second-order valence-corrected chi connectivity index (χ2v) is 6.67. The summed E-state index contributed by atoms with van der Waals surface area (Å²) in [7, 11) is 0. The highest BCUT2D eigenvalue weighted by Crippen LogP contribution is 2.26. The molecule has 1 aliphatic rings. The molecule has 2 N–H and O–H groups in total. The third-order valence-electron chi connectivity index (χ3n) is 4.17. The van der Waals surface area contributed by atoms with Gasteiger partial charge in [-0.15, -0.1) is 0 Å². The molecule has 23 heavy (non-hydrogen) atoms. The Kier molecular flexibility index (Phi) is 4.62. The van der Waals surface area contributed by atoms with Gasteiger partial charge >= 0.3 is 0 Å². The molecule has 1 aromatic carbocycles. The minimum Gasteiger partial charge on any atom is -0.462 e. The van der Waals surface area contributed by atoms with Crippen LogP contribution in [0.5, 0.6) is 0 Å². The van der Waals surface area contributed by atoms with Gasteiger partial charge in [-0.25, -0.2) is 0 Å². The van der Waals surface area contributed by atoms with E-state index in [4.69, 9.17) is 33.4 Å². The zero-order valence-corrected chi connectivity index (χ0v) is 13.9. The number of primary amides is 1. The number of halogens is 2. The van der Waals surface area contributed by atoms with Gasteiger partial charge in [0, 0.05) is 23.7 Å². The lowest BCUT2D eigenvalue weighted by atomic mass is 9.97. The van der Waals surface area contributed by atoms with E-state index in [-0.39, 0.29) is 17.3 Å². The molecule has 122 valence electrons. The Balaban J connectivity index is 1.90. The summed E-state index contributed by atoms with van der Waals surface area (Å²) in [5, 5.41) is 1.06. The molecule has 0 spiro atoms. The predicted octanol–water partition coefficient (Wildman–Crippen LogP) is 2.80. The molecule has 3 rings (SSSR count). The number of nitrogens with two attached hydrogens (primary N) is 1. The maximum absolute atomic E-state index is 12.6. The number of benzene rings is 1. The largest absolute Gasteiger partial charge is 0.462 e. The van der Waals surface area contributed by atoms with Crippen LogP contribution in [0.3, 0.4) is 0 Å². The highest BCUT2D eigenvalue weighted by molar-refractivity contribution is 6.38. The van der Waals surface area contributed by atoms with Gasteiger partial charge in [-0.05, 0) is 31.5 Å². The van der Waals surface area contributed by atoms with E-state index in [2.05, 4.69) is 0 Å². The van der Waals surface area contributed by atoms with Crippen molar-refractivity contribution in [3.05, 3.63) is 44.2 Å². The first kappa shape index (κ1) is 16.3. The fourth-order valence-electron chi connectivity index (χ4n) is 2.99. The van der Waals surface area contributed by atoms with Crippen LogP contribution in [0.25, 0.3) is 11.0 Å². The lowest BCUT2D eigenvalue weighted by molar-refractivity contribution is -0.123. The Morgan fingerprint density at radius 3 is 2.91 bits per heavy atom. The van der Waals surface area contributed by atoms with Crippen molar-refractivity contribution in [1.82, 2.24) is 4.90 Å². The average Bonchev–Trinajstić information content (AvgIpc) is 2.51. The number of hydrogen-bond donors (Lipinski definition) is 1. The molecule has 0 aliphatic carbocycles. The number of rotatable bonds is 3. The Morgan fingerprint density at radius 2 is 2.17 bits per heavy atom. The maximum atomic E-state index is 12.6. The normalized spacial score (nSPS) is 19.1. The van der Waals surface area contributed by atoms with Gasteiger partial charge in [-0.1, -0.05) is 23.2 Å². The fraction of sp³-hybridized carbons (Fsp3) is 0.375. The number of likely N-dealkylation sites (tertiary alicyclic amines) is 1. The number of hydrogen-bond acceptors (Lipinski definition) is 4.